The molecule has 5 heteroatoms. The van der Waals surface area contributed by atoms with Crippen LogP contribution in [-0.2, 0) is 19.1 Å². The molecule has 37 heavy (non-hydrogen) atoms. The van der Waals surface area contributed by atoms with Crippen molar-refractivity contribution in [3.05, 3.63) is 0 Å². The van der Waals surface area contributed by atoms with Gasteiger partial charge in [0.15, 0.2) is 6.10 Å². The lowest BCUT2D eigenvalue weighted by Crippen LogP contribution is -2.28. The van der Waals surface area contributed by atoms with E-state index < -0.39 is 6.10 Å². The molecule has 0 aromatic heterocycles. The molecule has 0 aliphatic rings. The van der Waals surface area contributed by atoms with Crippen LogP contribution in [0.5, 0.6) is 0 Å². The SMILES string of the molecule is CCCCCCCCCCCCCCC(=O)O[C@@H](CO)COC(=O)CCCCCCCCCCC(C)C. The molecule has 0 bridgehead atoms. The molecule has 0 aliphatic heterocycles. The summed E-state index contributed by atoms with van der Waals surface area (Å²) in [5.41, 5.74) is 0. The molecule has 1 N–H and O–H groups in total. The number of hydrogen-bond acceptors (Lipinski definition) is 5. The predicted molar refractivity (Wildman–Crippen MR) is 155 cm³/mol. The number of carbonyl (C=O) groups excluding carboxylic acids is 2. The Morgan fingerprint density at radius 3 is 1.43 bits per heavy atom. The molecule has 0 saturated carbocycles. The van der Waals surface area contributed by atoms with Crippen molar-refractivity contribution in [2.24, 2.45) is 5.92 Å². The second-order valence-electron chi connectivity index (χ2n) is 11.4. The summed E-state index contributed by atoms with van der Waals surface area (Å²) in [6, 6.07) is 0. The second kappa shape index (κ2) is 27.9. The van der Waals surface area contributed by atoms with Gasteiger partial charge in [-0.2, -0.15) is 0 Å². The molecule has 0 aromatic carbocycles. The summed E-state index contributed by atoms with van der Waals surface area (Å²) >= 11 is 0. The molecule has 0 saturated heterocycles. The number of unbranched alkanes of at least 4 members (excludes halogenated alkanes) is 18. The monoisotopic (exact) mass is 526 g/mol. The van der Waals surface area contributed by atoms with Gasteiger partial charge in [0.1, 0.15) is 6.61 Å². The molecule has 0 rings (SSSR count). The fourth-order valence-electron chi connectivity index (χ4n) is 4.62. The van der Waals surface area contributed by atoms with Gasteiger partial charge in [0.2, 0.25) is 0 Å². The topological polar surface area (TPSA) is 72.8 Å². The quantitative estimate of drug-likeness (QED) is 0.0813. The van der Waals surface area contributed by atoms with Crippen LogP contribution < -0.4 is 0 Å². The molecule has 0 heterocycles. The van der Waals surface area contributed by atoms with Gasteiger partial charge in [0.05, 0.1) is 6.61 Å². The number of ether oxygens (including phenoxy) is 2. The third-order valence-electron chi connectivity index (χ3n) is 7.08. The number of hydrogen-bond donors (Lipinski definition) is 1. The van der Waals surface area contributed by atoms with Crippen molar-refractivity contribution >= 4 is 11.9 Å². The number of aliphatic hydroxyl groups is 1. The summed E-state index contributed by atoms with van der Waals surface area (Å²) in [6.45, 7) is 6.43. The lowest BCUT2D eigenvalue weighted by molar-refractivity contribution is -0.161. The summed E-state index contributed by atoms with van der Waals surface area (Å²) in [6.07, 6.45) is 25.8. The highest BCUT2D eigenvalue weighted by molar-refractivity contribution is 5.70. The van der Waals surface area contributed by atoms with E-state index in [1.54, 1.807) is 0 Å². The Morgan fingerprint density at radius 1 is 0.595 bits per heavy atom. The number of aliphatic hydroxyl groups excluding tert-OH is 1. The smallest absolute Gasteiger partial charge is 0.306 e. The molecule has 5 nitrogen and oxygen atoms in total. The highest BCUT2D eigenvalue weighted by Crippen LogP contribution is 2.14. The maximum Gasteiger partial charge on any atom is 0.306 e. The molecule has 0 spiro atoms. The molecular formula is C32H62O5. The summed E-state index contributed by atoms with van der Waals surface area (Å²) < 4.78 is 10.5. The van der Waals surface area contributed by atoms with Crippen LogP contribution in [0.2, 0.25) is 0 Å². The molecule has 220 valence electrons. The van der Waals surface area contributed by atoms with Crippen molar-refractivity contribution < 1.29 is 24.2 Å². The maximum atomic E-state index is 12.1. The van der Waals surface area contributed by atoms with Crippen LogP contribution in [-0.4, -0.2) is 36.4 Å². The average molecular weight is 527 g/mol. The van der Waals surface area contributed by atoms with E-state index in [0.717, 1.165) is 44.4 Å². The van der Waals surface area contributed by atoms with Crippen LogP contribution in [0.3, 0.4) is 0 Å². The van der Waals surface area contributed by atoms with E-state index in [1.165, 1.54) is 96.3 Å². The summed E-state index contributed by atoms with van der Waals surface area (Å²) in [4.78, 5) is 24.0. The van der Waals surface area contributed by atoms with Crippen LogP contribution in [0.1, 0.15) is 168 Å². The van der Waals surface area contributed by atoms with Gasteiger partial charge < -0.3 is 14.6 Å². The Balaban J connectivity index is 3.57. The Bertz CT molecular complexity index is 505. The largest absolute Gasteiger partial charge is 0.462 e. The highest BCUT2D eigenvalue weighted by atomic mass is 16.6. The third kappa shape index (κ3) is 27.7. The van der Waals surface area contributed by atoms with E-state index in [9.17, 15) is 14.7 Å². The van der Waals surface area contributed by atoms with Gasteiger partial charge >= 0.3 is 11.9 Å². The molecule has 0 aromatic rings. The van der Waals surface area contributed by atoms with Gasteiger partial charge in [0.25, 0.3) is 0 Å². The molecule has 0 aliphatic carbocycles. The van der Waals surface area contributed by atoms with Crippen LogP contribution in [0, 0.1) is 5.92 Å². The zero-order valence-electron chi connectivity index (χ0n) is 24.9. The van der Waals surface area contributed by atoms with Crippen LogP contribution in [0.4, 0.5) is 0 Å². The van der Waals surface area contributed by atoms with E-state index >= 15 is 0 Å². The van der Waals surface area contributed by atoms with Crippen molar-refractivity contribution in [3.8, 4) is 0 Å². The van der Waals surface area contributed by atoms with Crippen molar-refractivity contribution in [1.29, 1.82) is 0 Å². The van der Waals surface area contributed by atoms with E-state index in [-0.39, 0.29) is 25.2 Å². The molecule has 1 atom stereocenters. The average Bonchev–Trinajstić information content (AvgIpc) is 2.88. The fourth-order valence-corrected chi connectivity index (χ4v) is 4.62. The number of carbonyl (C=O) groups is 2. The number of esters is 2. The molecular weight excluding hydrogens is 464 g/mol. The first-order valence-electron chi connectivity index (χ1n) is 16.0. The Hall–Kier alpha value is -1.10. The van der Waals surface area contributed by atoms with E-state index in [4.69, 9.17) is 9.47 Å². The first-order chi connectivity index (χ1) is 18.0. The molecule has 0 fully saturated rings. The van der Waals surface area contributed by atoms with Crippen molar-refractivity contribution in [3.63, 3.8) is 0 Å². The van der Waals surface area contributed by atoms with Crippen LogP contribution in [0.25, 0.3) is 0 Å². The minimum atomic E-state index is -0.760. The zero-order valence-corrected chi connectivity index (χ0v) is 24.9. The summed E-state index contributed by atoms with van der Waals surface area (Å²) in [5.74, 6) is 0.221. The van der Waals surface area contributed by atoms with Crippen molar-refractivity contribution in [2.45, 2.75) is 175 Å². The van der Waals surface area contributed by atoms with Gasteiger partial charge in [0, 0.05) is 12.8 Å². The van der Waals surface area contributed by atoms with Gasteiger partial charge in [-0.1, -0.05) is 143 Å². The van der Waals surface area contributed by atoms with Crippen LogP contribution >= 0.6 is 0 Å². The zero-order chi connectivity index (χ0) is 27.4. The van der Waals surface area contributed by atoms with Gasteiger partial charge in [-0.25, -0.2) is 0 Å². The van der Waals surface area contributed by atoms with E-state index in [2.05, 4.69) is 20.8 Å². The Labute approximate surface area is 229 Å². The molecule has 0 unspecified atom stereocenters. The standard InChI is InChI=1S/C32H62O5/c1-4-5-6-7-8-9-10-11-12-17-20-23-26-32(35)37-30(27-33)28-36-31(34)25-22-19-16-14-13-15-18-21-24-29(2)3/h29-30,33H,4-28H2,1-3H3/t30-/m0/s1. The van der Waals surface area contributed by atoms with Gasteiger partial charge in [-0.15, -0.1) is 0 Å². The van der Waals surface area contributed by atoms with Crippen molar-refractivity contribution in [1.82, 2.24) is 0 Å². The van der Waals surface area contributed by atoms with Crippen molar-refractivity contribution in [2.75, 3.05) is 13.2 Å². The maximum absolute atomic E-state index is 12.1. The van der Waals surface area contributed by atoms with Gasteiger partial charge in [-0.3, -0.25) is 9.59 Å². The Morgan fingerprint density at radius 2 is 1.00 bits per heavy atom. The van der Waals surface area contributed by atoms with E-state index in [1.807, 2.05) is 0 Å². The Kier molecular flexibility index (Phi) is 27.1. The first-order valence-corrected chi connectivity index (χ1v) is 16.0. The predicted octanol–water partition coefficient (Wildman–Crippen LogP) is 9.08. The summed E-state index contributed by atoms with van der Waals surface area (Å²) in [5, 5.41) is 9.47. The third-order valence-corrected chi connectivity index (χ3v) is 7.08. The molecule has 0 radical (unpaired) electrons. The fraction of sp³-hybridized carbons (Fsp3) is 0.938. The second-order valence-corrected chi connectivity index (χ2v) is 11.4. The van der Waals surface area contributed by atoms with Gasteiger partial charge in [-0.05, 0) is 18.8 Å². The van der Waals surface area contributed by atoms with E-state index in [0.29, 0.717) is 12.8 Å². The summed E-state index contributed by atoms with van der Waals surface area (Å²) in [7, 11) is 0. The first kappa shape index (κ1) is 35.9. The van der Waals surface area contributed by atoms with Crippen LogP contribution in [0.15, 0.2) is 0 Å². The lowest BCUT2D eigenvalue weighted by atomic mass is 10.0. The molecule has 0 amide bonds. The number of rotatable bonds is 28. The normalized spacial score (nSPS) is 12.1. The minimum Gasteiger partial charge on any atom is -0.462 e. The lowest BCUT2D eigenvalue weighted by Gasteiger charge is -2.15. The highest BCUT2D eigenvalue weighted by Gasteiger charge is 2.16. The minimum absolute atomic E-state index is 0.0596.